The van der Waals surface area contributed by atoms with Crippen LogP contribution in [0.2, 0.25) is 0 Å². The lowest BCUT2D eigenvalue weighted by Crippen LogP contribution is -1.90. The largest absolute Gasteiger partial charge is 0.291 e. The van der Waals surface area contributed by atoms with Crippen LogP contribution in [-0.4, -0.2) is 6.29 Å². The Bertz CT molecular complexity index is 644. The summed E-state index contributed by atoms with van der Waals surface area (Å²) in [6, 6.07) is 18.5. The highest BCUT2D eigenvalue weighted by molar-refractivity contribution is 6.03. The van der Waals surface area contributed by atoms with Crippen LogP contribution in [0.1, 0.15) is 5.56 Å². The van der Waals surface area contributed by atoms with Gasteiger partial charge in [-0.2, -0.15) is 0 Å². The molecular formula is C16H11O. The van der Waals surface area contributed by atoms with Gasteiger partial charge in [0, 0.05) is 6.42 Å². The van der Waals surface area contributed by atoms with Gasteiger partial charge in [-0.25, -0.2) is 0 Å². The molecule has 1 heteroatoms. The molecule has 0 spiro atoms. The van der Waals surface area contributed by atoms with Crippen molar-refractivity contribution >= 4 is 27.8 Å². The molecule has 3 aromatic carbocycles. The van der Waals surface area contributed by atoms with Crippen LogP contribution in [0, 0.1) is 0 Å². The van der Waals surface area contributed by atoms with Crippen LogP contribution in [0.25, 0.3) is 21.5 Å². The first-order valence-corrected chi connectivity index (χ1v) is 5.64. The fourth-order valence-corrected chi connectivity index (χ4v) is 2.37. The number of carbonyl (C=O) groups excluding carboxylic acids is 1. The van der Waals surface area contributed by atoms with Crippen molar-refractivity contribution in [2.75, 3.05) is 0 Å². The predicted octanol–water partition coefficient (Wildman–Crippen LogP) is 3.65. The summed E-state index contributed by atoms with van der Waals surface area (Å²) in [7, 11) is 0. The second-order valence-electron chi connectivity index (χ2n) is 4.12. The molecule has 0 saturated heterocycles. The topological polar surface area (TPSA) is 17.1 Å². The van der Waals surface area contributed by atoms with Gasteiger partial charge in [0.15, 0.2) is 0 Å². The van der Waals surface area contributed by atoms with Crippen molar-refractivity contribution in [2.24, 2.45) is 0 Å². The van der Waals surface area contributed by atoms with Crippen LogP contribution in [0.5, 0.6) is 0 Å². The number of hydrogen-bond donors (Lipinski definition) is 0. The molecule has 0 bridgehead atoms. The van der Waals surface area contributed by atoms with Gasteiger partial charge in [-0.1, -0.05) is 48.5 Å². The van der Waals surface area contributed by atoms with E-state index < -0.39 is 0 Å². The summed E-state index contributed by atoms with van der Waals surface area (Å²) in [5.74, 6) is 0. The highest BCUT2D eigenvalue weighted by Crippen LogP contribution is 2.28. The molecule has 0 aromatic heterocycles. The minimum absolute atomic E-state index is 0.349. The average Bonchev–Trinajstić information content (AvgIpc) is 2.39. The van der Waals surface area contributed by atoms with E-state index in [9.17, 15) is 4.79 Å². The maximum atomic E-state index is 10.7. The molecule has 0 heterocycles. The number of fused-ring (bicyclic) bond motifs is 2. The van der Waals surface area contributed by atoms with E-state index in [1.54, 1.807) is 0 Å². The van der Waals surface area contributed by atoms with Crippen molar-refractivity contribution in [3.63, 3.8) is 0 Å². The van der Waals surface area contributed by atoms with E-state index >= 15 is 0 Å². The summed E-state index contributed by atoms with van der Waals surface area (Å²) in [5.41, 5.74) is 1.08. The molecule has 0 N–H and O–H groups in total. The van der Waals surface area contributed by atoms with Gasteiger partial charge in [-0.15, -0.1) is 0 Å². The third-order valence-corrected chi connectivity index (χ3v) is 3.13. The Morgan fingerprint density at radius 3 is 1.88 bits per heavy atom. The number of benzene rings is 3. The number of hydrogen-bond acceptors (Lipinski definition) is 1. The van der Waals surface area contributed by atoms with E-state index in [1.807, 2.05) is 30.6 Å². The van der Waals surface area contributed by atoms with Crippen molar-refractivity contribution in [1.82, 2.24) is 0 Å². The van der Waals surface area contributed by atoms with Gasteiger partial charge in [0.1, 0.15) is 0 Å². The SMILES string of the molecule is O=[C]Cc1c2ccccc2cc2ccccc12. The van der Waals surface area contributed by atoms with Gasteiger partial charge in [-0.05, 0) is 33.2 Å². The summed E-state index contributed by atoms with van der Waals surface area (Å²) >= 11 is 0. The average molecular weight is 219 g/mol. The predicted molar refractivity (Wildman–Crippen MR) is 70.9 cm³/mol. The van der Waals surface area contributed by atoms with E-state index in [0.29, 0.717) is 6.42 Å². The lowest BCUT2D eigenvalue weighted by Gasteiger charge is -2.08. The highest BCUT2D eigenvalue weighted by atomic mass is 16.1. The molecule has 0 aliphatic rings. The molecule has 0 fully saturated rings. The highest BCUT2D eigenvalue weighted by Gasteiger charge is 2.06. The monoisotopic (exact) mass is 219 g/mol. The fourth-order valence-electron chi connectivity index (χ4n) is 2.37. The fraction of sp³-hybridized carbons (Fsp3) is 0.0625. The van der Waals surface area contributed by atoms with E-state index in [4.69, 9.17) is 0 Å². The van der Waals surface area contributed by atoms with Crippen LogP contribution >= 0.6 is 0 Å². The van der Waals surface area contributed by atoms with Gasteiger partial charge in [0.05, 0.1) is 0 Å². The first-order valence-electron chi connectivity index (χ1n) is 5.64. The zero-order valence-electron chi connectivity index (χ0n) is 9.31. The molecule has 0 unspecified atom stereocenters. The minimum Gasteiger partial charge on any atom is -0.291 e. The molecule has 0 amide bonds. The van der Waals surface area contributed by atoms with Crippen molar-refractivity contribution in [2.45, 2.75) is 6.42 Å². The summed E-state index contributed by atoms with van der Waals surface area (Å²) in [6.45, 7) is 0. The molecule has 0 aliphatic carbocycles. The molecule has 81 valence electrons. The maximum absolute atomic E-state index is 10.7. The molecule has 1 nitrogen and oxygen atoms in total. The first-order chi connectivity index (χ1) is 8.40. The van der Waals surface area contributed by atoms with Crippen LogP contribution in [-0.2, 0) is 11.2 Å². The lowest BCUT2D eigenvalue weighted by molar-refractivity contribution is 0.555. The summed E-state index contributed by atoms with van der Waals surface area (Å²) in [6.07, 6.45) is 2.37. The van der Waals surface area contributed by atoms with Crippen molar-refractivity contribution in [1.29, 1.82) is 0 Å². The van der Waals surface area contributed by atoms with Crippen molar-refractivity contribution in [3.8, 4) is 0 Å². The zero-order valence-corrected chi connectivity index (χ0v) is 9.31. The van der Waals surface area contributed by atoms with Gasteiger partial charge in [0.2, 0.25) is 6.29 Å². The molecule has 1 radical (unpaired) electrons. The first kappa shape index (κ1) is 10.0. The number of rotatable bonds is 2. The molecule has 0 atom stereocenters. The molecule has 3 aromatic rings. The molecule has 3 rings (SSSR count). The summed E-state index contributed by atoms with van der Waals surface area (Å²) in [5, 5.41) is 4.65. The molecule has 17 heavy (non-hydrogen) atoms. The van der Waals surface area contributed by atoms with Crippen LogP contribution in [0.15, 0.2) is 54.6 Å². The minimum atomic E-state index is 0.349. The Balaban J connectivity index is 2.51. The maximum Gasteiger partial charge on any atom is 0.203 e. The molecular weight excluding hydrogens is 208 g/mol. The third kappa shape index (κ3) is 1.60. The van der Waals surface area contributed by atoms with Crippen LogP contribution in [0.4, 0.5) is 0 Å². The van der Waals surface area contributed by atoms with Crippen LogP contribution in [0.3, 0.4) is 0 Å². The zero-order chi connectivity index (χ0) is 11.7. The second kappa shape index (κ2) is 4.02. The van der Waals surface area contributed by atoms with E-state index in [1.165, 1.54) is 10.8 Å². The lowest BCUT2D eigenvalue weighted by atomic mass is 9.95. The smallest absolute Gasteiger partial charge is 0.203 e. The van der Waals surface area contributed by atoms with Crippen molar-refractivity contribution in [3.05, 3.63) is 60.2 Å². The molecule has 0 aliphatic heterocycles. The third-order valence-electron chi connectivity index (χ3n) is 3.13. The summed E-state index contributed by atoms with van der Waals surface area (Å²) < 4.78 is 0. The van der Waals surface area contributed by atoms with Crippen molar-refractivity contribution < 1.29 is 4.79 Å². The molecule has 0 saturated carbocycles. The van der Waals surface area contributed by atoms with E-state index in [-0.39, 0.29) is 0 Å². The quantitative estimate of drug-likeness (QED) is 0.601. The van der Waals surface area contributed by atoms with E-state index in [2.05, 4.69) is 30.3 Å². The Morgan fingerprint density at radius 1 is 0.824 bits per heavy atom. The normalized spacial score (nSPS) is 10.8. The Morgan fingerprint density at radius 2 is 1.35 bits per heavy atom. The summed E-state index contributed by atoms with van der Waals surface area (Å²) in [4.78, 5) is 10.7. The Hall–Kier alpha value is -2.15. The standard InChI is InChI=1S/C16H11O/c17-10-9-16-14-7-3-1-5-12(14)11-13-6-2-4-8-15(13)16/h1-8,11H,9H2. The van der Waals surface area contributed by atoms with Crippen LogP contribution < -0.4 is 0 Å². The Kier molecular flexibility index (Phi) is 2.37. The van der Waals surface area contributed by atoms with Gasteiger partial charge >= 0.3 is 0 Å². The van der Waals surface area contributed by atoms with Gasteiger partial charge in [0.25, 0.3) is 0 Å². The van der Waals surface area contributed by atoms with Gasteiger partial charge < -0.3 is 0 Å². The van der Waals surface area contributed by atoms with Gasteiger partial charge in [-0.3, -0.25) is 4.79 Å². The Labute approximate surface area is 99.7 Å². The van der Waals surface area contributed by atoms with E-state index in [0.717, 1.165) is 16.3 Å². The second-order valence-corrected chi connectivity index (χ2v) is 4.12.